The van der Waals surface area contributed by atoms with Gasteiger partial charge in [-0.25, -0.2) is 0 Å². The molecular weight excluding hydrogens is 646 g/mol. The summed E-state index contributed by atoms with van der Waals surface area (Å²) in [5.74, 6) is -1.11. The molecule has 0 aliphatic carbocycles. The molecule has 0 bridgehead atoms. The lowest BCUT2D eigenvalue weighted by Gasteiger charge is -2.29. The lowest BCUT2D eigenvalue weighted by Crippen LogP contribution is -2.41. The Morgan fingerprint density at radius 3 is 2.10 bits per heavy atom. The van der Waals surface area contributed by atoms with Crippen LogP contribution in [-0.2, 0) is 34.0 Å². The number of carbonyl (C=O) groups is 3. The second-order valence-electron chi connectivity index (χ2n) is 11.7. The molecule has 51 heavy (non-hydrogen) atoms. The van der Waals surface area contributed by atoms with Crippen molar-refractivity contribution in [3.05, 3.63) is 155 Å². The van der Waals surface area contributed by atoms with E-state index in [1.165, 1.54) is 12.0 Å². The Balaban J connectivity index is 1.40. The van der Waals surface area contributed by atoms with E-state index in [-0.39, 0.29) is 24.7 Å². The number of para-hydroxylation sites is 1. The first kappa shape index (κ1) is 35.7. The van der Waals surface area contributed by atoms with Gasteiger partial charge in [-0.3, -0.25) is 19.8 Å². The molecule has 0 heterocycles. The fourth-order valence-electron chi connectivity index (χ4n) is 5.47. The molecular formula is C40H39N5O6. The average molecular weight is 686 g/mol. The van der Waals surface area contributed by atoms with Crippen LogP contribution in [0.2, 0.25) is 0 Å². The number of nitrogens with two attached hydrogens (primary N) is 1. The number of amides is 2. The maximum Gasteiger partial charge on any atom is 0.323 e. The summed E-state index contributed by atoms with van der Waals surface area (Å²) < 4.78 is 11.5. The smallest absolute Gasteiger partial charge is 0.323 e. The van der Waals surface area contributed by atoms with E-state index in [2.05, 4.69) is 10.6 Å². The molecule has 5 aromatic rings. The molecule has 11 heteroatoms. The van der Waals surface area contributed by atoms with Crippen LogP contribution in [-0.4, -0.2) is 47.3 Å². The van der Waals surface area contributed by atoms with Gasteiger partial charge in [0.15, 0.2) is 11.5 Å². The number of carboxylic acid groups (broad SMARTS) is 1. The monoisotopic (exact) mass is 685 g/mol. The second kappa shape index (κ2) is 17.2. The molecule has 0 fully saturated rings. The van der Waals surface area contributed by atoms with Crippen molar-refractivity contribution in [3.8, 4) is 11.5 Å². The van der Waals surface area contributed by atoms with E-state index in [0.717, 1.165) is 11.1 Å². The first-order valence-electron chi connectivity index (χ1n) is 16.2. The Morgan fingerprint density at radius 1 is 0.804 bits per heavy atom. The lowest BCUT2D eigenvalue weighted by atomic mass is 10.0. The fraction of sp³-hybridized carbons (Fsp3) is 0.150. The third-order valence-electron chi connectivity index (χ3n) is 7.98. The zero-order chi connectivity index (χ0) is 36.2. The van der Waals surface area contributed by atoms with Crippen molar-refractivity contribution in [2.75, 3.05) is 24.3 Å². The molecule has 0 radical (unpaired) electrons. The largest absolute Gasteiger partial charge is 0.493 e. The van der Waals surface area contributed by atoms with E-state index in [0.29, 0.717) is 46.2 Å². The van der Waals surface area contributed by atoms with Gasteiger partial charge in [0.05, 0.1) is 13.5 Å². The summed E-state index contributed by atoms with van der Waals surface area (Å²) in [6.45, 7) is -0.136. The first-order valence-corrected chi connectivity index (χ1v) is 16.2. The number of rotatable bonds is 16. The van der Waals surface area contributed by atoms with Gasteiger partial charge in [-0.1, -0.05) is 84.9 Å². The van der Waals surface area contributed by atoms with Crippen molar-refractivity contribution in [1.29, 1.82) is 5.41 Å². The van der Waals surface area contributed by atoms with E-state index in [4.69, 9.17) is 20.6 Å². The molecule has 1 atom stereocenters. The lowest BCUT2D eigenvalue weighted by molar-refractivity contribution is -0.145. The number of nitrogen functional groups attached to an aromatic ring is 1. The average Bonchev–Trinajstić information content (AvgIpc) is 3.14. The molecule has 0 aromatic heterocycles. The van der Waals surface area contributed by atoms with Crippen LogP contribution < -0.4 is 25.8 Å². The predicted molar refractivity (Wildman–Crippen MR) is 196 cm³/mol. The molecule has 0 aliphatic rings. The number of nitrogens with one attached hydrogen (secondary N) is 3. The Bertz CT molecular complexity index is 1970. The number of nitrogens with zero attached hydrogens (tertiary/aromatic N) is 1. The molecule has 5 rings (SSSR count). The molecule has 0 saturated heterocycles. The highest BCUT2D eigenvalue weighted by atomic mass is 16.5. The summed E-state index contributed by atoms with van der Waals surface area (Å²) in [7, 11) is 1.54. The first-order chi connectivity index (χ1) is 24.7. The van der Waals surface area contributed by atoms with Crippen molar-refractivity contribution in [3.63, 3.8) is 0 Å². The zero-order valence-electron chi connectivity index (χ0n) is 28.0. The van der Waals surface area contributed by atoms with Crippen molar-refractivity contribution < 1.29 is 29.0 Å². The Labute approximate surface area is 296 Å². The van der Waals surface area contributed by atoms with E-state index >= 15 is 0 Å². The van der Waals surface area contributed by atoms with Crippen LogP contribution in [0.1, 0.15) is 33.9 Å². The van der Waals surface area contributed by atoms with Crippen LogP contribution in [0.25, 0.3) is 0 Å². The highest BCUT2D eigenvalue weighted by Crippen LogP contribution is 2.31. The van der Waals surface area contributed by atoms with Gasteiger partial charge >= 0.3 is 5.97 Å². The van der Waals surface area contributed by atoms with Gasteiger partial charge in [0, 0.05) is 29.0 Å². The van der Waals surface area contributed by atoms with Crippen molar-refractivity contribution >= 4 is 35.0 Å². The summed E-state index contributed by atoms with van der Waals surface area (Å²) in [6, 6.07) is 36.6. The summed E-state index contributed by atoms with van der Waals surface area (Å²) >= 11 is 0. The Hall–Kier alpha value is -6.62. The van der Waals surface area contributed by atoms with Gasteiger partial charge in [0.2, 0.25) is 5.91 Å². The van der Waals surface area contributed by atoms with E-state index in [9.17, 15) is 19.5 Å². The van der Waals surface area contributed by atoms with Gasteiger partial charge < -0.3 is 35.8 Å². The molecule has 5 aromatic carbocycles. The van der Waals surface area contributed by atoms with Crippen LogP contribution in [0.5, 0.6) is 11.5 Å². The maximum atomic E-state index is 14.3. The summed E-state index contributed by atoms with van der Waals surface area (Å²) in [4.78, 5) is 41.1. The minimum absolute atomic E-state index is 0.00135. The number of carboxylic acids is 1. The fourth-order valence-corrected chi connectivity index (χ4v) is 5.47. The number of benzene rings is 5. The minimum atomic E-state index is -1.17. The van der Waals surface area contributed by atoms with Crippen molar-refractivity contribution in [2.24, 2.45) is 5.73 Å². The van der Waals surface area contributed by atoms with Crippen LogP contribution in [0.4, 0.5) is 11.4 Å². The highest BCUT2D eigenvalue weighted by Gasteiger charge is 2.30. The van der Waals surface area contributed by atoms with Crippen LogP contribution >= 0.6 is 0 Å². The molecule has 0 spiro atoms. The van der Waals surface area contributed by atoms with E-state index in [1.54, 1.807) is 66.7 Å². The predicted octanol–water partition coefficient (Wildman–Crippen LogP) is 6.01. The molecule has 0 aliphatic heterocycles. The number of amidine groups is 1. The number of hydrogen-bond donors (Lipinski definition) is 5. The van der Waals surface area contributed by atoms with Crippen LogP contribution in [0.3, 0.4) is 0 Å². The maximum absolute atomic E-state index is 14.3. The topological polar surface area (TPSA) is 167 Å². The molecule has 260 valence electrons. The van der Waals surface area contributed by atoms with Crippen LogP contribution in [0, 0.1) is 5.41 Å². The molecule has 0 saturated carbocycles. The summed E-state index contributed by atoms with van der Waals surface area (Å²) in [5, 5.41) is 23.7. The Morgan fingerprint density at radius 2 is 1.45 bits per heavy atom. The van der Waals surface area contributed by atoms with Gasteiger partial charge in [-0.15, -0.1) is 0 Å². The van der Waals surface area contributed by atoms with Crippen molar-refractivity contribution in [2.45, 2.75) is 25.6 Å². The van der Waals surface area contributed by atoms with E-state index < -0.39 is 24.5 Å². The molecule has 6 N–H and O–H groups in total. The normalized spacial score (nSPS) is 11.2. The van der Waals surface area contributed by atoms with Crippen molar-refractivity contribution in [1.82, 2.24) is 4.90 Å². The summed E-state index contributed by atoms with van der Waals surface area (Å²) in [5.41, 5.74) is 9.91. The quantitative estimate of drug-likeness (QED) is 0.0622. The van der Waals surface area contributed by atoms with Crippen LogP contribution in [0.15, 0.2) is 127 Å². The zero-order valence-corrected chi connectivity index (χ0v) is 28.0. The number of ether oxygens (including phenoxy) is 2. The number of methoxy groups -OCH3 is 1. The second-order valence-corrected chi connectivity index (χ2v) is 11.7. The Kier molecular flexibility index (Phi) is 12.0. The SMILES string of the molecule is COc1cc(CC(=O)Nc2ccccc2C(Nc2ccc(C(=N)N)cc2)C(=O)N(CC(=O)O)Cc2ccccc2)ccc1OCc1ccccc1. The number of aliphatic carboxylic acids is 1. The molecule has 2 amide bonds. The number of anilines is 2. The molecule has 11 nitrogen and oxygen atoms in total. The third-order valence-corrected chi connectivity index (χ3v) is 7.98. The standard InChI is InChI=1S/C40H39N5O6/c1-50-35-22-29(16-21-34(35)51-26-28-12-6-3-7-13-28)23-36(46)44-33-15-9-8-14-32(33)38(43-31-19-17-30(18-20-31)39(41)42)40(49)45(25-37(47)48)24-27-10-4-2-5-11-27/h2-22,38,43H,23-26H2,1H3,(H3,41,42)(H,44,46)(H,47,48). The molecule has 1 unspecified atom stereocenters. The van der Waals surface area contributed by atoms with Gasteiger partial charge in [-0.05, 0) is 59.2 Å². The number of carbonyl (C=O) groups excluding carboxylic acids is 2. The summed E-state index contributed by atoms with van der Waals surface area (Å²) in [6.07, 6.45) is 0.00135. The third kappa shape index (κ3) is 9.96. The van der Waals surface area contributed by atoms with E-state index in [1.807, 2.05) is 60.7 Å². The minimum Gasteiger partial charge on any atom is -0.493 e. The number of hydrogen-bond acceptors (Lipinski definition) is 7. The highest BCUT2D eigenvalue weighted by molar-refractivity contribution is 5.97. The van der Waals surface area contributed by atoms with Gasteiger partial charge in [0.1, 0.15) is 25.0 Å². The van der Waals surface area contributed by atoms with Gasteiger partial charge in [-0.2, -0.15) is 0 Å². The van der Waals surface area contributed by atoms with Gasteiger partial charge in [0.25, 0.3) is 5.91 Å².